The van der Waals surface area contributed by atoms with Crippen LogP contribution in [0, 0.1) is 23.2 Å². The monoisotopic (exact) mass is 374 g/mol. The van der Waals surface area contributed by atoms with Crippen LogP contribution in [0.2, 0.25) is 0 Å². The standard InChI is InChI=1S/C20H18N6O2/c1-10(2)17(20(28)25-7-11(5-21)8-25)26-9-14-12-3-4-22-19-15(12)13(6-23-19)18(27)16(14)24-26/h3-4,6,9-11,13,17H,7-8H2,1-2H3. The van der Waals surface area contributed by atoms with E-state index in [0.29, 0.717) is 24.6 Å². The second-order valence-corrected chi connectivity index (χ2v) is 7.85. The number of ketones is 1. The molecular weight excluding hydrogens is 356 g/mol. The number of carbonyl (C=O) groups excluding carboxylic acids is 2. The Bertz CT molecular complexity index is 1090. The molecule has 0 N–H and O–H groups in total. The number of rotatable bonds is 3. The van der Waals surface area contributed by atoms with Crippen molar-refractivity contribution in [3.63, 3.8) is 0 Å². The van der Waals surface area contributed by atoms with Gasteiger partial charge < -0.3 is 4.90 Å². The number of nitriles is 1. The molecule has 0 radical (unpaired) electrons. The number of hydrogen-bond acceptors (Lipinski definition) is 6. The molecule has 0 bridgehead atoms. The third-order valence-corrected chi connectivity index (χ3v) is 5.71. The van der Waals surface area contributed by atoms with Crippen molar-refractivity contribution in [1.29, 1.82) is 5.26 Å². The number of hydrogen-bond donors (Lipinski definition) is 0. The molecule has 2 aliphatic heterocycles. The van der Waals surface area contributed by atoms with Crippen molar-refractivity contribution in [3.05, 3.63) is 29.7 Å². The van der Waals surface area contributed by atoms with Crippen LogP contribution in [0.1, 0.15) is 41.9 Å². The Morgan fingerprint density at radius 2 is 2.11 bits per heavy atom. The van der Waals surface area contributed by atoms with Crippen LogP contribution in [0.4, 0.5) is 5.82 Å². The van der Waals surface area contributed by atoms with Gasteiger partial charge in [0.25, 0.3) is 0 Å². The summed E-state index contributed by atoms with van der Waals surface area (Å²) in [6, 6.07) is 3.54. The van der Waals surface area contributed by atoms with Gasteiger partial charge in [0.15, 0.2) is 11.6 Å². The van der Waals surface area contributed by atoms with Crippen molar-refractivity contribution in [2.75, 3.05) is 13.1 Å². The van der Waals surface area contributed by atoms with Gasteiger partial charge in [0.2, 0.25) is 5.91 Å². The maximum Gasteiger partial charge on any atom is 0.247 e. The number of fused-ring (bicyclic) bond motifs is 2. The first-order valence-electron chi connectivity index (χ1n) is 9.34. The minimum Gasteiger partial charge on any atom is -0.338 e. The molecule has 3 aliphatic rings. The molecule has 2 aromatic heterocycles. The van der Waals surface area contributed by atoms with Crippen LogP contribution in [0.3, 0.4) is 0 Å². The summed E-state index contributed by atoms with van der Waals surface area (Å²) < 4.78 is 1.63. The van der Waals surface area contributed by atoms with Crippen LogP contribution >= 0.6 is 0 Å². The maximum absolute atomic E-state index is 13.0. The summed E-state index contributed by atoms with van der Waals surface area (Å²) in [5, 5.41) is 13.5. The van der Waals surface area contributed by atoms with E-state index in [4.69, 9.17) is 5.26 Å². The van der Waals surface area contributed by atoms with Crippen LogP contribution in [0.25, 0.3) is 11.1 Å². The second kappa shape index (κ2) is 5.83. The second-order valence-electron chi connectivity index (χ2n) is 7.85. The minimum atomic E-state index is -0.516. The quantitative estimate of drug-likeness (QED) is 0.818. The SMILES string of the molecule is CC(C)C(C(=O)N1CC(C#N)C1)n1cc2c(n1)C(=O)C1C=Nc3nccc-2c31. The number of amides is 1. The van der Waals surface area contributed by atoms with Gasteiger partial charge >= 0.3 is 0 Å². The Morgan fingerprint density at radius 3 is 2.82 bits per heavy atom. The highest BCUT2D eigenvalue weighted by atomic mass is 16.2. The van der Waals surface area contributed by atoms with Crippen molar-refractivity contribution in [3.8, 4) is 17.2 Å². The van der Waals surface area contributed by atoms with E-state index in [-0.39, 0.29) is 23.5 Å². The first-order chi connectivity index (χ1) is 13.5. The minimum absolute atomic E-state index is 0.0113. The molecule has 1 amide bonds. The molecule has 8 nitrogen and oxygen atoms in total. The van der Waals surface area contributed by atoms with Crippen LogP contribution < -0.4 is 0 Å². The van der Waals surface area contributed by atoms with Gasteiger partial charge in [-0.25, -0.2) is 9.98 Å². The Hall–Kier alpha value is -3.34. The molecule has 4 heterocycles. The van der Waals surface area contributed by atoms with Gasteiger partial charge in [-0.1, -0.05) is 13.8 Å². The summed E-state index contributed by atoms with van der Waals surface area (Å²) in [4.78, 5) is 36.2. The van der Waals surface area contributed by atoms with Crippen LogP contribution in [0.15, 0.2) is 23.5 Å². The van der Waals surface area contributed by atoms with Crippen molar-refractivity contribution in [2.24, 2.45) is 16.8 Å². The summed E-state index contributed by atoms with van der Waals surface area (Å²) in [6.45, 7) is 4.83. The average molecular weight is 374 g/mol. The molecule has 2 aromatic rings. The lowest BCUT2D eigenvalue weighted by atomic mass is 9.83. The lowest BCUT2D eigenvalue weighted by molar-refractivity contribution is -0.141. The lowest BCUT2D eigenvalue weighted by Crippen LogP contribution is -2.52. The molecule has 1 fully saturated rings. The molecule has 140 valence electrons. The highest BCUT2D eigenvalue weighted by Crippen LogP contribution is 2.45. The number of pyridine rings is 1. The van der Waals surface area contributed by atoms with Crippen LogP contribution in [-0.2, 0) is 4.79 Å². The molecule has 8 heteroatoms. The van der Waals surface area contributed by atoms with Crippen molar-refractivity contribution >= 4 is 23.7 Å². The number of Topliss-reactive ketones (excluding diaryl/α,β-unsaturated/α-hetero) is 1. The Balaban J connectivity index is 1.56. The summed E-state index contributed by atoms with van der Waals surface area (Å²) in [5.41, 5.74) is 2.82. The van der Waals surface area contributed by atoms with E-state index in [1.54, 1.807) is 28.2 Å². The molecule has 0 saturated carbocycles. The van der Waals surface area contributed by atoms with E-state index < -0.39 is 12.0 Å². The first kappa shape index (κ1) is 16.8. The zero-order valence-corrected chi connectivity index (χ0v) is 15.5. The number of likely N-dealkylation sites (tertiary alicyclic amines) is 1. The third kappa shape index (κ3) is 2.19. The smallest absolute Gasteiger partial charge is 0.247 e. The molecule has 1 aliphatic carbocycles. The van der Waals surface area contributed by atoms with E-state index in [1.165, 1.54) is 0 Å². The number of aliphatic imine (C=N–C) groups is 1. The van der Waals surface area contributed by atoms with E-state index in [9.17, 15) is 9.59 Å². The topological polar surface area (TPSA) is 104 Å². The van der Waals surface area contributed by atoms with Gasteiger partial charge in [-0.2, -0.15) is 10.4 Å². The molecule has 1 saturated heterocycles. The van der Waals surface area contributed by atoms with Crippen molar-refractivity contribution < 1.29 is 9.59 Å². The normalized spacial score (nSPS) is 20.6. The number of nitrogens with zero attached hydrogens (tertiary/aromatic N) is 6. The van der Waals surface area contributed by atoms with E-state index >= 15 is 0 Å². The summed E-state index contributed by atoms with van der Waals surface area (Å²) in [5.74, 6) is -0.152. The summed E-state index contributed by atoms with van der Waals surface area (Å²) in [7, 11) is 0. The molecule has 0 spiro atoms. The average Bonchev–Trinajstić information content (AvgIpc) is 3.24. The van der Waals surface area contributed by atoms with Crippen LogP contribution in [0.5, 0.6) is 0 Å². The molecule has 2 unspecified atom stereocenters. The van der Waals surface area contributed by atoms with Crippen molar-refractivity contribution in [1.82, 2.24) is 19.7 Å². The van der Waals surface area contributed by atoms with Gasteiger partial charge in [-0.3, -0.25) is 14.3 Å². The predicted octanol–water partition coefficient (Wildman–Crippen LogP) is 2.12. The lowest BCUT2D eigenvalue weighted by Gasteiger charge is -2.38. The van der Waals surface area contributed by atoms with Gasteiger partial charge in [0, 0.05) is 42.8 Å². The highest BCUT2D eigenvalue weighted by molar-refractivity contribution is 6.18. The van der Waals surface area contributed by atoms with E-state index in [1.807, 2.05) is 19.9 Å². The fourth-order valence-corrected chi connectivity index (χ4v) is 4.22. The van der Waals surface area contributed by atoms with Gasteiger partial charge in [0.05, 0.1) is 17.9 Å². The zero-order chi connectivity index (χ0) is 19.6. The van der Waals surface area contributed by atoms with E-state index in [0.717, 1.165) is 16.7 Å². The number of aromatic nitrogens is 3. The van der Waals surface area contributed by atoms with E-state index in [2.05, 4.69) is 21.1 Å². The summed E-state index contributed by atoms with van der Waals surface area (Å²) >= 11 is 0. The highest BCUT2D eigenvalue weighted by Gasteiger charge is 2.41. The Morgan fingerprint density at radius 1 is 1.32 bits per heavy atom. The van der Waals surface area contributed by atoms with Crippen LogP contribution in [-0.4, -0.2) is 50.7 Å². The molecule has 0 aromatic carbocycles. The summed E-state index contributed by atoms with van der Waals surface area (Å²) in [6.07, 6.45) is 5.10. The predicted molar refractivity (Wildman–Crippen MR) is 100 cm³/mol. The molecule has 28 heavy (non-hydrogen) atoms. The fraction of sp³-hybridized carbons (Fsp3) is 0.400. The first-order valence-corrected chi connectivity index (χ1v) is 9.34. The largest absolute Gasteiger partial charge is 0.338 e. The fourth-order valence-electron chi connectivity index (χ4n) is 4.22. The number of carbonyl (C=O) groups is 2. The Labute approximate surface area is 161 Å². The molecule has 2 atom stereocenters. The Kier molecular flexibility index (Phi) is 3.50. The zero-order valence-electron chi connectivity index (χ0n) is 15.5. The molecule has 5 rings (SSSR count). The van der Waals surface area contributed by atoms with Crippen molar-refractivity contribution in [2.45, 2.75) is 25.8 Å². The maximum atomic E-state index is 13.0. The van der Waals surface area contributed by atoms with Gasteiger partial charge in [-0.05, 0) is 17.5 Å². The van der Waals surface area contributed by atoms with Gasteiger partial charge in [0.1, 0.15) is 11.7 Å². The molecular formula is C20H18N6O2. The van der Waals surface area contributed by atoms with Gasteiger partial charge in [-0.15, -0.1) is 0 Å². The third-order valence-electron chi connectivity index (χ3n) is 5.71.